The summed E-state index contributed by atoms with van der Waals surface area (Å²) < 4.78 is 0. The van der Waals surface area contributed by atoms with Gasteiger partial charge < -0.3 is 10.9 Å². The first-order chi connectivity index (χ1) is 8.43. The molecule has 18 heavy (non-hydrogen) atoms. The second-order valence-electron chi connectivity index (χ2n) is 6.24. The zero-order chi connectivity index (χ0) is 13.7. The first-order valence-electron chi connectivity index (χ1n) is 7.16. The van der Waals surface area contributed by atoms with Gasteiger partial charge in [-0.05, 0) is 44.9 Å². The Labute approximate surface area is 111 Å². The fourth-order valence-corrected chi connectivity index (χ4v) is 3.33. The molecule has 1 fully saturated rings. The summed E-state index contributed by atoms with van der Waals surface area (Å²) in [5.41, 5.74) is 5.58. The molecule has 1 aliphatic carbocycles. The van der Waals surface area contributed by atoms with Crippen LogP contribution in [-0.2, 0) is 0 Å². The molecule has 1 saturated carbocycles. The van der Waals surface area contributed by atoms with E-state index in [-0.39, 0.29) is 0 Å². The van der Waals surface area contributed by atoms with Gasteiger partial charge in [0.25, 0.3) is 0 Å². The fraction of sp³-hybridized carbons (Fsp3) is 0.929. The van der Waals surface area contributed by atoms with Crippen LogP contribution in [0.15, 0.2) is 5.16 Å². The third kappa shape index (κ3) is 4.48. The standard InChI is InChI=1S/C14H29N3O/c1-10(2)17(6-5-14(15)16-18)13-8-11(3)7-12(4)9-13/h10-13,18H,5-9H2,1-4H3,(H2,15,16). The third-order valence-electron chi connectivity index (χ3n) is 4.04. The molecule has 0 saturated heterocycles. The van der Waals surface area contributed by atoms with Gasteiger partial charge in [0.15, 0.2) is 0 Å². The fourth-order valence-electron chi connectivity index (χ4n) is 3.33. The van der Waals surface area contributed by atoms with E-state index in [1.54, 1.807) is 0 Å². The average molecular weight is 255 g/mol. The lowest BCUT2D eigenvalue weighted by molar-refractivity contribution is 0.0854. The van der Waals surface area contributed by atoms with Crippen molar-refractivity contribution in [2.75, 3.05) is 6.54 Å². The van der Waals surface area contributed by atoms with E-state index in [9.17, 15) is 0 Å². The number of amidine groups is 1. The quantitative estimate of drug-likeness (QED) is 0.343. The minimum Gasteiger partial charge on any atom is -0.409 e. The van der Waals surface area contributed by atoms with Crippen molar-refractivity contribution in [1.82, 2.24) is 4.90 Å². The van der Waals surface area contributed by atoms with Crippen LogP contribution in [-0.4, -0.2) is 34.6 Å². The molecule has 0 aromatic carbocycles. The predicted molar refractivity (Wildman–Crippen MR) is 75.8 cm³/mol. The number of nitrogens with zero attached hydrogens (tertiary/aromatic N) is 2. The van der Waals surface area contributed by atoms with Gasteiger partial charge in [-0.2, -0.15) is 0 Å². The summed E-state index contributed by atoms with van der Waals surface area (Å²) in [6, 6.07) is 1.16. The van der Waals surface area contributed by atoms with Crippen LogP contribution in [0.1, 0.15) is 53.4 Å². The minimum absolute atomic E-state index is 0.331. The van der Waals surface area contributed by atoms with E-state index in [4.69, 9.17) is 10.9 Å². The molecule has 4 heteroatoms. The van der Waals surface area contributed by atoms with E-state index in [1.165, 1.54) is 19.3 Å². The molecule has 0 bridgehead atoms. The van der Waals surface area contributed by atoms with Gasteiger partial charge in [0, 0.05) is 25.0 Å². The monoisotopic (exact) mass is 255 g/mol. The summed E-state index contributed by atoms with van der Waals surface area (Å²) in [6.07, 6.45) is 4.55. The van der Waals surface area contributed by atoms with Gasteiger partial charge in [0.1, 0.15) is 5.84 Å². The molecule has 3 N–H and O–H groups in total. The van der Waals surface area contributed by atoms with E-state index < -0.39 is 0 Å². The molecule has 0 spiro atoms. The lowest BCUT2D eigenvalue weighted by Gasteiger charge is -2.41. The van der Waals surface area contributed by atoms with Gasteiger partial charge in [0.2, 0.25) is 0 Å². The van der Waals surface area contributed by atoms with Crippen LogP contribution in [0.5, 0.6) is 0 Å². The molecule has 0 aliphatic heterocycles. The van der Waals surface area contributed by atoms with Gasteiger partial charge in [-0.25, -0.2) is 0 Å². The van der Waals surface area contributed by atoms with Crippen LogP contribution in [0.4, 0.5) is 0 Å². The molecule has 2 unspecified atom stereocenters. The molecule has 4 nitrogen and oxygen atoms in total. The summed E-state index contributed by atoms with van der Waals surface area (Å²) >= 11 is 0. The number of hydrogen-bond donors (Lipinski definition) is 2. The van der Waals surface area contributed by atoms with Crippen LogP contribution in [0.3, 0.4) is 0 Å². The van der Waals surface area contributed by atoms with Crippen LogP contribution < -0.4 is 5.73 Å². The van der Waals surface area contributed by atoms with Gasteiger partial charge in [-0.3, -0.25) is 4.90 Å². The summed E-state index contributed by atoms with van der Waals surface area (Å²) in [5.74, 6) is 1.95. The van der Waals surface area contributed by atoms with Crippen LogP contribution in [0.25, 0.3) is 0 Å². The van der Waals surface area contributed by atoms with Crippen molar-refractivity contribution >= 4 is 5.84 Å². The van der Waals surface area contributed by atoms with Gasteiger partial charge in [0.05, 0.1) is 0 Å². The SMILES string of the molecule is CC1CC(C)CC(N(CCC(N)=NO)C(C)C)C1. The van der Waals surface area contributed by atoms with Gasteiger partial charge in [-0.1, -0.05) is 19.0 Å². The molecule has 0 radical (unpaired) electrons. The molecule has 0 aromatic heterocycles. The first kappa shape index (κ1) is 15.3. The normalized spacial score (nSPS) is 30.1. The highest BCUT2D eigenvalue weighted by atomic mass is 16.4. The van der Waals surface area contributed by atoms with Crippen molar-refractivity contribution in [3.63, 3.8) is 0 Å². The Bertz CT molecular complexity index is 268. The molecular formula is C14H29N3O. The Balaban J connectivity index is 2.60. The number of rotatable bonds is 5. The third-order valence-corrected chi connectivity index (χ3v) is 4.04. The van der Waals surface area contributed by atoms with E-state index in [0.717, 1.165) is 18.4 Å². The Kier molecular flexibility index (Phi) is 5.93. The molecule has 0 heterocycles. The molecule has 1 aliphatic rings. The van der Waals surface area contributed by atoms with Crippen LogP contribution >= 0.6 is 0 Å². The second kappa shape index (κ2) is 6.98. The zero-order valence-corrected chi connectivity index (χ0v) is 12.3. The van der Waals surface area contributed by atoms with Crippen molar-refractivity contribution in [1.29, 1.82) is 0 Å². The molecule has 1 rings (SSSR count). The second-order valence-corrected chi connectivity index (χ2v) is 6.24. The Hall–Kier alpha value is -0.770. The highest BCUT2D eigenvalue weighted by Gasteiger charge is 2.29. The number of oxime groups is 1. The Morgan fingerprint density at radius 2 is 1.83 bits per heavy atom. The van der Waals surface area contributed by atoms with E-state index in [0.29, 0.717) is 24.3 Å². The Morgan fingerprint density at radius 1 is 1.28 bits per heavy atom. The topological polar surface area (TPSA) is 61.8 Å². The largest absolute Gasteiger partial charge is 0.409 e. The first-order valence-corrected chi connectivity index (χ1v) is 7.16. The van der Waals surface area contributed by atoms with Gasteiger partial charge >= 0.3 is 0 Å². The molecule has 106 valence electrons. The number of nitrogens with two attached hydrogens (primary N) is 1. The molecule has 0 aromatic rings. The maximum Gasteiger partial charge on any atom is 0.140 e. The van der Waals surface area contributed by atoms with E-state index in [2.05, 4.69) is 37.8 Å². The lowest BCUT2D eigenvalue weighted by Crippen LogP contribution is -2.45. The predicted octanol–water partition coefficient (Wildman–Crippen LogP) is 2.66. The minimum atomic E-state index is 0.331. The highest BCUT2D eigenvalue weighted by molar-refractivity contribution is 5.79. The summed E-state index contributed by atoms with van der Waals surface area (Å²) in [6.45, 7) is 10.1. The lowest BCUT2D eigenvalue weighted by atomic mass is 9.79. The smallest absolute Gasteiger partial charge is 0.140 e. The molecule has 0 amide bonds. The summed E-state index contributed by atoms with van der Waals surface area (Å²) in [7, 11) is 0. The summed E-state index contributed by atoms with van der Waals surface area (Å²) in [4.78, 5) is 2.52. The van der Waals surface area contributed by atoms with Gasteiger partial charge in [-0.15, -0.1) is 0 Å². The average Bonchev–Trinajstić information content (AvgIpc) is 2.27. The van der Waals surface area contributed by atoms with Crippen LogP contribution in [0, 0.1) is 11.8 Å². The molecular weight excluding hydrogens is 226 g/mol. The maximum atomic E-state index is 8.63. The van der Waals surface area contributed by atoms with Crippen molar-refractivity contribution < 1.29 is 5.21 Å². The number of hydrogen-bond acceptors (Lipinski definition) is 3. The van der Waals surface area contributed by atoms with Crippen molar-refractivity contribution in [2.45, 2.75) is 65.5 Å². The zero-order valence-electron chi connectivity index (χ0n) is 12.3. The maximum absolute atomic E-state index is 8.63. The van der Waals surface area contributed by atoms with E-state index >= 15 is 0 Å². The Morgan fingerprint density at radius 3 is 2.28 bits per heavy atom. The summed E-state index contributed by atoms with van der Waals surface area (Å²) in [5, 5.41) is 11.7. The van der Waals surface area contributed by atoms with Crippen molar-refractivity contribution in [3.8, 4) is 0 Å². The van der Waals surface area contributed by atoms with Crippen molar-refractivity contribution in [2.24, 2.45) is 22.7 Å². The highest BCUT2D eigenvalue weighted by Crippen LogP contribution is 2.32. The van der Waals surface area contributed by atoms with Crippen LogP contribution in [0.2, 0.25) is 0 Å². The van der Waals surface area contributed by atoms with E-state index in [1.807, 2.05) is 0 Å². The molecule has 2 atom stereocenters. The van der Waals surface area contributed by atoms with Crippen molar-refractivity contribution in [3.05, 3.63) is 0 Å².